The van der Waals surface area contributed by atoms with Gasteiger partial charge in [0.2, 0.25) is 0 Å². The molecule has 0 fully saturated rings. The van der Waals surface area contributed by atoms with E-state index in [0.29, 0.717) is 4.59 Å². The van der Waals surface area contributed by atoms with Crippen molar-refractivity contribution in [3.63, 3.8) is 0 Å². The van der Waals surface area contributed by atoms with Crippen LogP contribution >= 0.6 is 11.6 Å². The first-order chi connectivity index (χ1) is 5.49. The number of nitrogens with two attached hydrogens (primary N) is 1. The molecule has 74 valence electrons. The lowest BCUT2D eigenvalue weighted by atomic mass is 10.2. The molecular formula is C9H14Cl2N2. The minimum atomic E-state index is 0. The SMILES string of the molecule is C[N+](C)(N)Cc1ccccc1Cl.[Cl-]. The van der Waals surface area contributed by atoms with Crippen LogP contribution in [0.4, 0.5) is 0 Å². The number of hydrogen-bond acceptors (Lipinski definition) is 1. The van der Waals surface area contributed by atoms with Gasteiger partial charge in [0, 0.05) is 10.6 Å². The fourth-order valence-electron chi connectivity index (χ4n) is 1.07. The molecule has 2 N–H and O–H groups in total. The Bertz CT molecular complexity index is 269. The molecule has 0 heterocycles. The molecule has 0 saturated heterocycles. The third-order valence-electron chi connectivity index (χ3n) is 1.54. The van der Waals surface area contributed by atoms with Gasteiger partial charge in [-0.2, -0.15) is 5.84 Å². The monoisotopic (exact) mass is 220 g/mol. The molecule has 0 aliphatic heterocycles. The Morgan fingerprint density at radius 2 is 1.85 bits per heavy atom. The van der Waals surface area contributed by atoms with Gasteiger partial charge in [-0.15, -0.1) is 0 Å². The number of nitrogens with zero attached hydrogens (tertiary/aromatic N) is 1. The van der Waals surface area contributed by atoms with Crippen molar-refractivity contribution in [1.29, 1.82) is 0 Å². The molecule has 0 unspecified atom stereocenters. The number of hydrogen-bond donors (Lipinski definition) is 1. The molecule has 0 atom stereocenters. The quantitative estimate of drug-likeness (QED) is 0.378. The van der Waals surface area contributed by atoms with Crippen molar-refractivity contribution in [1.82, 2.24) is 0 Å². The van der Waals surface area contributed by atoms with Crippen LogP contribution in [0.2, 0.25) is 5.02 Å². The largest absolute Gasteiger partial charge is 1.00 e. The van der Waals surface area contributed by atoms with Crippen LogP contribution in [0.25, 0.3) is 0 Å². The molecule has 0 aliphatic rings. The van der Waals surface area contributed by atoms with Crippen LogP contribution in [0.5, 0.6) is 0 Å². The van der Waals surface area contributed by atoms with Crippen molar-refractivity contribution in [3.05, 3.63) is 34.9 Å². The van der Waals surface area contributed by atoms with Gasteiger partial charge in [-0.05, 0) is 6.07 Å². The van der Waals surface area contributed by atoms with Crippen molar-refractivity contribution in [2.45, 2.75) is 6.54 Å². The molecule has 0 bridgehead atoms. The summed E-state index contributed by atoms with van der Waals surface area (Å²) in [5.41, 5.74) is 1.09. The first-order valence-corrected chi connectivity index (χ1v) is 4.22. The lowest BCUT2D eigenvalue weighted by Crippen LogP contribution is -3.00. The van der Waals surface area contributed by atoms with E-state index in [1.54, 1.807) is 0 Å². The van der Waals surface area contributed by atoms with E-state index in [0.717, 1.165) is 17.1 Å². The molecule has 1 aromatic rings. The normalized spacial score (nSPS) is 10.8. The summed E-state index contributed by atoms with van der Waals surface area (Å²) in [5.74, 6) is 5.82. The summed E-state index contributed by atoms with van der Waals surface area (Å²) in [5, 5.41) is 0.786. The highest BCUT2D eigenvalue weighted by Crippen LogP contribution is 2.16. The fourth-order valence-corrected chi connectivity index (χ4v) is 1.26. The lowest BCUT2D eigenvalue weighted by molar-refractivity contribution is -0.915. The smallest absolute Gasteiger partial charge is 0.123 e. The van der Waals surface area contributed by atoms with Gasteiger partial charge in [0.05, 0.1) is 14.1 Å². The summed E-state index contributed by atoms with van der Waals surface area (Å²) >= 11 is 5.96. The average molecular weight is 221 g/mol. The van der Waals surface area contributed by atoms with E-state index in [1.165, 1.54) is 0 Å². The fraction of sp³-hybridized carbons (Fsp3) is 0.333. The summed E-state index contributed by atoms with van der Waals surface area (Å²) in [6.45, 7) is 0.750. The third kappa shape index (κ3) is 4.48. The summed E-state index contributed by atoms with van der Waals surface area (Å²) in [6.07, 6.45) is 0. The van der Waals surface area contributed by atoms with E-state index in [9.17, 15) is 0 Å². The van der Waals surface area contributed by atoms with E-state index in [2.05, 4.69) is 0 Å². The number of rotatable bonds is 2. The first-order valence-electron chi connectivity index (χ1n) is 3.84. The minimum Gasteiger partial charge on any atom is -1.00 e. The van der Waals surface area contributed by atoms with Gasteiger partial charge >= 0.3 is 0 Å². The van der Waals surface area contributed by atoms with E-state index in [4.69, 9.17) is 17.4 Å². The van der Waals surface area contributed by atoms with E-state index in [1.807, 2.05) is 38.4 Å². The highest BCUT2D eigenvalue weighted by molar-refractivity contribution is 6.31. The molecule has 0 radical (unpaired) electrons. The van der Waals surface area contributed by atoms with Crippen LogP contribution in [0.1, 0.15) is 5.56 Å². The molecule has 2 nitrogen and oxygen atoms in total. The van der Waals surface area contributed by atoms with Gasteiger partial charge in [0.1, 0.15) is 6.54 Å². The standard InChI is InChI=1S/C9H14ClN2.ClH/c1-12(2,11)7-8-5-3-4-6-9(8)10;/h3-6H,7,11H2,1-2H3;1H/q+1;/p-1. The van der Waals surface area contributed by atoms with Gasteiger partial charge in [-0.1, -0.05) is 29.8 Å². The van der Waals surface area contributed by atoms with Gasteiger partial charge in [0.15, 0.2) is 0 Å². The maximum Gasteiger partial charge on any atom is 0.123 e. The Balaban J connectivity index is 0.00000144. The van der Waals surface area contributed by atoms with Crippen LogP contribution in [0.15, 0.2) is 24.3 Å². The molecule has 1 aromatic carbocycles. The number of quaternary nitrogens is 1. The van der Waals surface area contributed by atoms with Gasteiger partial charge in [-0.25, -0.2) is 4.59 Å². The summed E-state index contributed by atoms with van der Waals surface area (Å²) in [6, 6.07) is 7.76. The van der Waals surface area contributed by atoms with Crippen molar-refractivity contribution in [2.75, 3.05) is 14.1 Å². The zero-order valence-corrected chi connectivity index (χ0v) is 9.31. The van der Waals surface area contributed by atoms with Crippen molar-refractivity contribution >= 4 is 11.6 Å². The van der Waals surface area contributed by atoms with Crippen LogP contribution in [-0.4, -0.2) is 18.7 Å². The molecule has 13 heavy (non-hydrogen) atoms. The third-order valence-corrected chi connectivity index (χ3v) is 1.90. The van der Waals surface area contributed by atoms with Crippen LogP contribution < -0.4 is 18.2 Å². The Labute approximate surface area is 90.3 Å². The Kier molecular flexibility index (Phi) is 4.71. The molecule has 0 saturated carbocycles. The van der Waals surface area contributed by atoms with Crippen molar-refractivity contribution in [2.24, 2.45) is 5.84 Å². The Morgan fingerprint density at radius 1 is 1.31 bits per heavy atom. The highest BCUT2D eigenvalue weighted by atomic mass is 35.5. The number of halogens is 2. The molecule has 1 rings (SSSR count). The van der Waals surface area contributed by atoms with Gasteiger partial charge < -0.3 is 12.4 Å². The Morgan fingerprint density at radius 3 is 2.31 bits per heavy atom. The zero-order valence-electron chi connectivity index (χ0n) is 7.80. The molecule has 0 amide bonds. The topological polar surface area (TPSA) is 26.0 Å². The second-order valence-electron chi connectivity index (χ2n) is 3.53. The van der Waals surface area contributed by atoms with E-state index < -0.39 is 0 Å². The summed E-state index contributed by atoms with van der Waals surface area (Å²) in [4.78, 5) is 0. The molecule has 0 spiro atoms. The zero-order chi connectivity index (χ0) is 9.19. The highest BCUT2D eigenvalue weighted by Gasteiger charge is 2.11. The van der Waals surface area contributed by atoms with Gasteiger partial charge in [0.25, 0.3) is 0 Å². The van der Waals surface area contributed by atoms with Crippen LogP contribution in [0, 0.1) is 0 Å². The molecule has 4 heteroatoms. The predicted molar refractivity (Wildman–Crippen MR) is 51.5 cm³/mol. The minimum absolute atomic E-state index is 0. The second-order valence-corrected chi connectivity index (χ2v) is 3.94. The first kappa shape index (κ1) is 12.7. The lowest BCUT2D eigenvalue weighted by Gasteiger charge is -2.22. The predicted octanol–water partition coefficient (Wildman–Crippen LogP) is -1.21. The average Bonchev–Trinajstić information content (AvgIpc) is 1.91. The summed E-state index contributed by atoms with van der Waals surface area (Å²) < 4.78 is 0.406. The maximum absolute atomic E-state index is 5.96. The van der Waals surface area contributed by atoms with Crippen molar-refractivity contribution < 1.29 is 17.0 Å². The summed E-state index contributed by atoms with van der Waals surface area (Å²) in [7, 11) is 3.87. The van der Waals surface area contributed by atoms with Crippen LogP contribution in [-0.2, 0) is 6.54 Å². The van der Waals surface area contributed by atoms with Gasteiger partial charge in [-0.3, -0.25) is 0 Å². The second kappa shape index (κ2) is 4.82. The Hall–Kier alpha value is -0.280. The number of benzene rings is 1. The van der Waals surface area contributed by atoms with E-state index >= 15 is 0 Å². The van der Waals surface area contributed by atoms with Crippen molar-refractivity contribution in [3.8, 4) is 0 Å². The molecule has 0 aromatic heterocycles. The molecule has 0 aliphatic carbocycles. The van der Waals surface area contributed by atoms with Crippen LogP contribution in [0.3, 0.4) is 0 Å². The van der Waals surface area contributed by atoms with E-state index in [-0.39, 0.29) is 12.4 Å². The maximum atomic E-state index is 5.96. The molecular weight excluding hydrogens is 207 g/mol.